The van der Waals surface area contributed by atoms with E-state index in [0.717, 1.165) is 24.7 Å². The maximum absolute atomic E-state index is 14.6. The number of rotatable bonds is 6. The molecule has 0 aliphatic carbocycles. The van der Waals surface area contributed by atoms with Crippen LogP contribution < -0.4 is 5.32 Å². The fourth-order valence-electron chi connectivity index (χ4n) is 3.79. The summed E-state index contributed by atoms with van der Waals surface area (Å²) in [4.78, 5) is 14.2. The summed E-state index contributed by atoms with van der Waals surface area (Å²) < 4.78 is 35.9. The first kappa shape index (κ1) is 19.4. The van der Waals surface area contributed by atoms with Crippen molar-refractivity contribution in [2.75, 3.05) is 13.1 Å². The largest absolute Gasteiger partial charge is 0.455 e. The molecular weight excluding hydrogens is 376 g/mol. The Bertz CT molecular complexity index is 1010. The van der Waals surface area contributed by atoms with Crippen LogP contribution in [-0.4, -0.2) is 28.5 Å². The van der Waals surface area contributed by atoms with Crippen LogP contribution in [0.4, 0.5) is 8.78 Å². The van der Waals surface area contributed by atoms with Gasteiger partial charge in [0.25, 0.3) is 5.91 Å². The Labute approximate surface area is 167 Å². The maximum Gasteiger partial charge on any atom is 0.286 e. The second-order valence-electron chi connectivity index (χ2n) is 7.19. The number of furan rings is 1. The number of halogens is 2. The van der Waals surface area contributed by atoms with Crippen LogP contribution in [0, 0.1) is 11.6 Å². The predicted octanol–water partition coefficient (Wildman–Crippen LogP) is 4.10. The van der Waals surface area contributed by atoms with E-state index in [-0.39, 0.29) is 17.7 Å². The van der Waals surface area contributed by atoms with Gasteiger partial charge in [0, 0.05) is 43.2 Å². The highest BCUT2D eigenvalue weighted by Gasteiger charge is 2.31. The molecule has 1 atom stereocenters. The van der Waals surface area contributed by atoms with Crippen molar-refractivity contribution < 1.29 is 18.0 Å². The highest BCUT2D eigenvalue weighted by molar-refractivity contribution is 5.91. The lowest BCUT2D eigenvalue weighted by molar-refractivity contribution is 0.0919. The Morgan fingerprint density at radius 2 is 2.07 bits per heavy atom. The van der Waals surface area contributed by atoms with Gasteiger partial charge in [0.05, 0.1) is 12.6 Å². The molecule has 1 unspecified atom stereocenters. The molecule has 0 fully saturated rings. The predicted molar refractivity (Wildman–Crippen MR) is 104 cm³/mol. The first-order valence-electron chi connectivity index (χ1n) is 9.77. The summed E-state index contributed by atoms with van der Waals surface area (Å²) in [7, 11) is 0. The van der Waals surface area contributed by atoms with E-state index < -0.39 is 11.6 Å². The smallest absolute Gasteiger partial charge is 0.286 e. The maximum atomic E-state index is 14.6. The van der Waals surface area contributed by atoms with Crippen molar-refractivity contribution >= 4 is 5.91 Å². The van der Waals surface area contributed by atoms with Crippen molar-refractivity contribution in [2.45, 2.75) is 32.5 Å². The number of nitrogens with one attached hydrogen (secondary N) is 1. The number of amides is 1. The minimum absolute atomic E-state index is 0.244. The van der Waals surface area contributed by atoms with E-state index in [4.69, 9.17) is 4.42 Å². The number of hydrogen-bond donors (Lipinski definition) is 1. The van der Waals surface area contributed by atoms with E-state index in [1.54, 1.807) is 12.1 Å². The Kier molecular flexibility index (Phi) is 5.49. The monoisotopic (exact) mass is 399 g/mol. The van der Waals surface area contributed by atoms with Crippen LogP contribution >= 0.6 is 0 Å². The quantitative estimate of drug-likeness (QED) is 0.679. The first-order valence-corrected chi connectivity index (χ1v) is 9.77. The summed E-state index contributed by atoms with van der Waals surface area (Å²) in [6, 6.07) is 10.6. The molecule has 0 spiro atoms. The zero-order chi connectivity index (χ0) is 20.4. The summed E-state index contributed by atoms with van der Waals surface area (Å²) in [6.45, 7) is 4.40. The minimum Gasteiger partial charge on any atom is -0.455 e. The molecule has 0 saturated heterocycles. The molecule has 0 bridgehead atoms. The lowest BCUT2D eigenvalue weighted by Crippen LogP contribution is -2.38. The molecule has 1 aliphatic heterocycles. The third-order valence-electron chi connectivity index (χ3n) is 5.18. The molecule has 0 radical (unpaired) electrons. The van der Waals surface area contributed by atoms with Gasteiger partial charge in [-0.05, 0) is 36.8 Å². The summed E-state index contributed by atoms with van der Waals surface area (Å²) in [6.07, 6.45) is 2.81. The Morgan fingerprint density at radius 1 is 1.21 bits per heavy atom. The molecular formula is C22H23F2N3O2. The SMILES string of the molecule is CCCNC(=O)c1ccc(CN2CCn3cccc3C2c2ccc(F)cc2F)o1. The van der Waals surface area contributed by atoms with Crippen LogP contribution in [0.3, 0.4) is 0 Å². The highest BCUT2D eigenvalue weighted by atomic mass is 19.1. The van der Waals surface area contributed by atoms with Crippen molar-refractivity contribution in [2.24, 2.45) is 0 Å². The van der Waals surface area contributed by atoms with Crippen LogP contribution in [0.25, 0.3) is 0 Å². The van der Waals surface area contributed by atoms with E-state index in [9.17, 15) is 13.6 Å². The van der Waals surface area contributed by atoms with Gasteiger partial charge in [0.15, 0.2) is 5.76 Å². The van der Waals surface area contributed by atoms with Crippen LogP contribution in [-0.2, 0) is 13.1 Å². The number of carbonyl (C=O) groups excluding carboxylic acids is 1. The molecule has 29 heavy (non-hydrogen) atoms. The van der Waals surface area contributed by atoms with Gasteiger partial charge in [-0.15, -0.1) is 0 Å². The molecule has 7 heteroatoms. The van der Waals surface area contributed by atoms with E-state index in [2.05, 4.69) is 14.8 Å². The van der Waals surface area contributed by atoms with Crippen molar-refractivity contribution in [3.63, 3.8) is 0 Å². The van der Waals surface area contributed by atoms with Crippen LogP contribution in [0.2, 0.25) is 0 Å². The van der Waals surface area contributed by atoms with Crippen molar-refractivity contribution in [3.05, 3.63) is 83.1 Å². The van der Waals surface area contributed by atoms with Gasteiger partial charge in [0.1, 0.15) is 17.4 Å². The van der Waals surface area contributed by atoms with Crippen LogP contribution in [0.15, 0.2) is 53.1 Å². The highest BCUT2D eigenvalue weighted by Crippen LogP contribution is 2.35. The third-order valence-corrected chi connectivity index (χ3v) is 5.18. The second-order valence-corrected chi connectivity index (χ2v) is 7.19. The zero-order valence-corrected chi connectivity index (χ0v) is 16.2. The summed E-state index contributed by atoms with van der Waals surface area (Å²) in [5.74, 6) is -0.532. The number of hydrogen-bond acceptors (Lipinski definition) is 3. The fourth-order valence-corrected chi connectivity index (χ4v) is 3.79. The van der Waals surface area contributed by atoms with Gasteiger partial charge < -0.3 is 14.3 Å². The van der Waals surface area contributed by atoms with Crippen molar-refractivity contribution in [1.82, 2.24) is 14.8 Å². The average Bonchev–Trinajstić information content (AvgIpc) is 3.36. The number of benzene rings is 1. The first-order chi connectivity index (χ1) is 14.1. The average molecular weight is 399 g/mol. The van der Waals surface area contributed by atoms with Gasteiger partial charge in [-0.2, -0.15) is 0 Å². The molecule has 1 N–H and O–H groups in total. The topological polar surface area (TPSA) is 50.4 Å². The number of carbonyl (C=O) groups is 1. The fraction of sp³-hybridized carbons (Fsp3) is 0.318. The molecule has 1 aliphatic rings. The van der Waals surface area contributed by atoms with E-state index in [1.807, 2.05) is 25.3 Å². The normalized spacial score (nSPS) is 16.6. The summed E-state index contributed by atoms with van der Waals surface area (Å²) in [5, 5.41) is 2.79. The third kappa shape index (κ3) is 3.96. The molecule has 1 amide bonds. The molecule has 5 nitrogen and oxygen atoms in total. The summed E-state index contributed by atoms with van der Waals surface area (Å²) in [5.41, 5.74) is 1.35. The molecule has 2 aromatic heterocycles. The van der Waals surface area contributed by atoms with E-state index >= 15 is 0 Å². The van der Waals surface area contributed by atoms with E-state index in [0.29, 0.717) is 31.0 Å². The van der Waals surface area contributed by atoms with E-state index in [1.165, 1.54) is 12.1 Å². The molecule has 0 saturated carbocycles. The zero-order valence-electron chi connectivity index (χ0n) is 16.2. The van der Waals surface area contributed by atoms with Crippen LogP contribution in [0.1, 0.15) is 47.0 Å². The molecule has 4 rings (SSSR count). The van der Waals surface area contributed by atoms with Gasteiger partial charge >= 0.3 is 0 Å². The Morgan fingerprint density at radius 3 is 2.86 bits per heavy atom. The lowest BCUT2D eigenvalue weighted by Gasteiger charge is -2.37. The summed E-state index contributed by atoms with van der Waals surface area (Å²) >= 11 is 0. The minimum atomic E-state index is -0.599. The standard InChI is InChI=1S/C22H23F2N3O2/c1-2-9-25-22(28)20-8-6-16(29-20)14-27-12-11-26-10-3-4-19(26)21(27)17-7-5-15(23)13-18(17)24/h3-8,10,13,21H,2,9,11-12,14H2,1H3,(H,25,28). The van der Waals surface area contributed by atoms with Crippen molar-refractivity contribution in [1.29, 1.82) is 0 Å². The molecule has 3 heterocycles. The second kappa shape index (κ2) is 8.21. The van der Waals surface area contributed by atoms with Crippen molar-refractivity contribution in [3.8, 4) is 0 Å². The number of aromatic nitrogens is 1. The lowest BCUT2D eigenvalue weighted by atomic mass is 9.99. The Hall–Kier alpha value is -2.93. The molecule has 152 valence electrons. The Balaban J connectivity index is 1.61. The van der Waals surface area contributed by atoms with Gasteiger partial charge in [-0.3, -0.25) is 9.69 Å². The number of fused-ring (bicyclic) bond motifs is 1. The molecule has 1 aromatic carbocycles. The van der Waals surface area contributed by atoms with Gasteiger partial charge in [0.2, 0.25) is 0 Å². The number of nitrogens with zero attached hydrogens (tertiary/aromatic N) is 2. The van der Waals surface area contributed by atoms with Gasteiger partial charge in [-0.25, -0.2) is 8.78 Å². The van der Waals surface area contributed by atoms with Gasteiger partial charge in [-0.1, -0.05) is 13.0 Å². The van der Waals surface area contributed by atoms with Crippen LogP contribution in [0.5, 0.6) is 0 Å². The molecule has 3 aromatic rings.